The van der Waals surface area contributed by atoms with Crippen molar-refractivity contribution in [3.8, 4) is 0 Å². The molecule has 0 aromatic carbocycles. The van der Waals surface area contributed by atoms with Crippen LogP contribution < -0.4 is 5.73 Å². The van der Waals surface area contributed by atoms with Crippen molar-refractivity contribution in [3.63, 3.8) is 0 Å². The first-order valence-corrected chi connectivity index (χ1v) is 3.02. The molecule has 0 aliphatic heterocycles. The molecule has 0 aliphatic carbocycles. The van der Waals surface area contributed by atoms with Crippen LogP contribution in [0, 0.1) is 5.92 Å². The Kier molecular flexibility index (Phi) is 3.24. The van der Waals surface area contributed by atoms with E-state index >= 15 is 0 Å². The summed E-state index contributed by atoms with van der Waals surface area (Å²) in [6.45, 7) is 3.89. The molecule has 3 nitrogen and oxygen atoms in total. The second-order valence-corrected chi connectivity index (χ2v) is 2.57. The quantitative estimate of drug-likeness (QED) is 0.555. The summed E-state index contributed by atoms with van der Waals surface area (Å²) in [6.07, 6.45) is 0.551. The Balaban J connectivity index is 3.50. The van der Waals surface area contributed by atoms with Crippen molar-refractivity contribution in [2.24, 2.45) is 11.7 Å². The van der Waals surface area contributed by atoms with Gasteiger partial charge in [0.2, 0.25) is 0 Å². The summed E-state index contributed by atoms with van der Waals surface area (Å²) in [6, 6.07) is -0.690. The highest BCUT2D eigenvalue weighted by Crippen LogP contribution is 2.01. The molecule has 9 heavy (non-hydrogen) atoms. The maximum atomic E-state index is 10.1. The lowest BCUT2D eigenvalue weighted by Gasteiger charge is -2.07. The zero-order chi connectivity index (χ0) is 7.44. The van der Waals surface area contributed by atoms with Gasteiger partial charge in [-0.1, -0.05) is 13.8 Å². The summed E-state index contributed by atoms with van der Waals surface area (Å²) in [4.78, 5) is 10.1. The monoisotopic (exact) mass is 137 g/mol. The highest BCUT2D eigenvalue weighted by molar-refractivity contribution is 5.72. The van der Waals surface area contributed by atoms with Crippen LogP contribution in [0.3, 0.4) is 0 Å². The van der Waals surface area contributed by atoms with Gasteiger partial charge < -0.3 is 10.8 Å². The molecule has 0 rings (SSSR count). The van der Waals surface area contributed by atoms with Gasteiger partial charge in [0, 0.05) is 0 Å². The Morgan fingerprint density at radius 1 is 1.67 bits per heavy atom. The minimum absolute atomic E-state index is 0.357. The van der Waals surface area contributed by atoms with Crippen LogP contribution >= 0.6 is 0 Å². The number of carboxylic acid groups (broad SMARTS) is 1. The molecule has 0 amide bonds. The van der Waals surface area contributed by atoms with E-state index in [0.29, 0.717) is 12.3 Å². The SMILES string of the molecule is [13CH3][13CH]([13CH3])[13CH2][13C@@H](N)[13C](=O)O. The van der Waals surface area contributed by atoms with E-state index in [1.807, 2.05) is 13.8 Å². The lowest BCUT2D eigenvalue weighted by Crippen LogP contribution is -2.31. The highest BCUT2D eigenvalue weighted by atomic mass is 16.5. The van der Waals surface area contributed by atoms with Gasteiger partial charge in [0.15, 0.2) is 0 Å². The molecule has 0 unspecified atom stereocenters. The standard InChI is InChI=1S/C6H13NO2/c1-4(2)3-5(7)6(8)9/h4-5H,3,7H2,1-2H3,(H,8,9)/t5-/m1/s1/i1+1,2+1,3+1,4+1,5+1,6+1. The van der Waals surface area contributed by atoms with Crippen LogP contribution in [0.5, 0.6) is 0 Å². The number of nitrogens with two attached hydrogens (primary N) is 1. The fourth-order valence-corrected chi connectivity index (χ4v) is 0.609. The number of carbonyl (C=O) groups is 1. The van der Waals surface area contributed by atoms with E-state index in [1.165, 1.54) is 0 Å². The predicted molar refractivity (Wildman–Crippen MR) is 35.1 cm³/mol. The molecule has 54 valence electrons. The van der Waals surface area contributed by atoms with Gasteiger partial charge >= 0.3 is 5.97 Å². The van der Waals surface area contributed by atoms with Gasteiger partial charge in [-0.25, -0.2) is 0 Å². The average molecular weight is 137 g/mol. The molecule has 0 saturated carbocycles. The summed E-state index contributed by atoms with van der Waals surface area (Å²) in [7, 11) is 0. The summed E-state index contributed by atoms with van der Waals surface area (Å²) >= 11 is 0. The zero-order valence-corrected chi connectivity index (χ0v) is 5.79. The highest BCUT2D eigenvalue weighted by Gasteiger charge is 2.11. The van der Waals surface area contributed by atoms with Crippen molar-refractivity contribution in [2.75, 3.05) is 0 Å². The smallest absolute Gasteiger partial charge is 0.320 e. The zero-order valence-electron chi connectivity index (χ0n) is 5.79. The molecule has 0 aliphatic rings. The van der Waals surface area contributed by atoms with Gasteiger partial charge in [-0.15, -0.1) is 0 Å². The van der Waals surface area contributed by atoms with E-state index in [4.69, 9.17) is 10.8 Å². The molecule has 0 spiro atoms. The third-order valence-electron chi connectivity index (χ3n) is 1.04. The van der Waals surface area contributed by atoms with Crippen molar-refractivity contribution in [1.29, 1.82) is 0 Å². The summed E-state index contributed by atoms with van der Waals surface area (Å²) < 4.78 is 0. The minimum Gasteiger partial charge on any atom is -0.480 e. The van der Waals surface area contributed by atoms with Crippen molar-refractivity contribution in [3.05, 3.63) is 0 Å². The van der Waals surface area contributed by atoms with Crippen LogP contribution in [0.2, 0.25) is 0 Å². The Morgan fingerprint density at radius 2 is 2.11 bits per heavy atom. The largest absolute Gasteiger partial charge is 0.480 e. The van der Waals surface area contributed by atoms with Crippen LogP contribution in [0.25, 0.3) is 0 Å². The molecule has 3 N–H and O–H groups in total. The van der Waals surface area contributed by atoms with E-state index in [2.05, 4.69) is 0 Å². The second-order valence-electron chi connectivity index (χ2n) is 2.57. The molecule has 0 fully saturated rings. The van der Waals surface area contributed by atoms with Crippen molar-refractivity contribution in [2.45, 2.75) is 26.3 Å². The first-order valence-electron chi connectivity index (χ1n) is 3.02. The fourth-order valence-electron chi connectivity index (χ4n) is 0.609. The predicted octanol–water partition coefficient (Wildman–Crippen LogP) is 0.444. The summed E-state index contributed by atoms with van der Waals surface area (Å²) in [5, 5.41) is 8.31. The topological polar surface area (TPSA) is 63.3 Å². The van der Waals surface area contributed by atoms with E-state index in [0.717, 1.165) is 0 Å². The van der Waals surface area contributed by atoms with Crippen molar-refractivity contribution in [1.82, 2.24) is 0 Å². The molecular weight excluding hydrogens is 124 g/mol. The van der Waals surface area contributed by atoms with Crippen molar-refractivity contribution >= 4 is 5.97 Å². The minimum atomic E-state index is -0.913. The van der Waals surface area contributed by atoms with Crippen LogP contribution in [0.1, 0.15) is 20.3 Å². The fraction of sp³-hybridized carbons (Fsp3) is 0.833. The summed E-state index contributed by atoms with van der Waals surface area (Å²) in [5.41, 5.74) is 5.22. The van der Waals surface area contributed by atoms with Gasteiger partial charge in [0.05, 0.1) is 0 Å². The lowest BCUT2D eigenvalue weighted by molar-refractivity contribution is -0.138. The Hall–Kier alpha value is -0.570. The molecular formula is C6H13NO2. The third-order valence-corrected chi connectivity index (χ3v) is 1.04. The van der Waals surface area contributed by atoms with Gasteiger partial charge in [0.25, 0.3) is 0 Å². The normalized spacial score (nSPS) is 13.8. The second kappa shape index (κ2) is 3.45. The average Bonchev–Trinajstić information content (AvgIpc) is 1.63. The Morgan fingerprint density at radius 3 is 2.22 bits per heavy atom. The first-order chi connectivity index (χ1) is 4.04. The van der Waals surface area contributed by atoms with Gasteiger partial charge in [-0.2, -0.15) is 0 Å². The van der Waals surface area contributed by atoms with Crippen LogP contribution in [0.4, 0.5) is 0 Å². The maximum Gasteiger partial charge on any atom is 0.320 e. The first kappa shape index (κ1) is 8.43. The van der Waals surface area contributed by atoms with Gasteiger partial charge in [0.1, 0.15) is 6.04 Å². The summed E-state index contributed by atoms with van der Waals surface area (Å²) in [5.74, 6) is -0.556. The third kappa shape index (κ3) is 3.97. The van der Waals surface area contributed by atoms with E-state index < -0.39 is 12.0 Å². The lowest BCUT2D eigenvalue weighted by atomic mass is 11.0. The Bertz CT molecular complexity index is 101. The Labute approximate surface area is 54.9 Å². The number of hydrogen-bond donors (Lipinski definition) is 2. The van der Waals surface area contributed by atoms with Crippen LogP contribution in [0.15, 0.2) is 0 Å². The van der Waals surface area contributed by atoms with E-state index in [9.17, 15) is 4.79 Å². The number of aliphatic carboxylic acids is 1. The molecule has 0 aromatic heterocycles. The molecule has 0 heterocycles. The number of hydrogen-bond acceptors (Lipinski definition) is 2. The van der Waals surface area contributed by atoms with Gasteiger partial charge in [-0.05, 0) is 12.3 Å². The van der Waals surface area contributed by atoms with Crippen LogP contribution in [-0.4, -0.2) is 17.1 Å². The number of rotatable bonds is 3. The molecule has 0 bridgehead atoms. The van der Waals surface area contributed by atoms with Crippen molar-refractivity contribution < 1.29 is 9.90 Å². The molecule has 0 saturated heterocycles. The molecule has 3 heteroatoms. The molecule has 0 radical (unpaired) electrons. The van der Waals surface area contributed by atoms with E-state index in [-0.39, 0.29) is 0 Å². The maximum absolute atomic E-state index is 10.1. The van der Waals surface area contributed by atoms with Gasteiger partial charge in [-0.3, -0.25) is 4.79 Å². The molecule has 0 aromatic rings. The number of carboxylic acids is 1. The van der Waals surface area contributed by atoms with Crippen LogP contribution in [-0.2, 0) is 4.79 Å². The van der Waals surface area contributed by atoms with E-state index in [1.54, 1.807) is 0 Å². The molecule has 1 atom stereocenters.